The molecule has 0 N–H and O–H groups in total. The zero-order valence-corrected chi connectivity index (χ0v) is 12.1. The van der Waals surface area contributed by atoms with Crippen molar-refractivity contribution < 1.29 is 8.85 Å². The molecule has 0 aromatic carbocycles. The summed E-state index contributed by atoms with van der Waals surface area (Å²) in [7, 11) is -1.56. The van der Waals surface area contributed by atoms with Crippen molar-refractivity contribution in [1.82, 2.24) is 0 Å². The average molecular weight is 218 g/mol. The van der Waals surface area contributed by atoms with Crippen LogP contribution in [0.25, 0.3) is 0 Å². The molecule has 0 spiro atoms. The largest absolute Gasteiger partial charge is 0.391 e. The van der Waals surface area contributed by atoms with Crippen LogP contribution in [0.4, 0.5) is 0 Å². The summed E-state index contributed by atoms with van der Waals surface area (Å²) in [4.78, 5) is 0. The second kappa shape index (κ2) is 4.77. The van der Waals surface area contributed by atoms with Crippen LogP contribution in [-0.2, 0) is 8.85 Å². The van der Waals surface area contributed by atoms with E-state index in [4.69, 9.17) is 8.85 Å². The highest BCUT2D eigenvalue weighted by Gasteiger charge is 2.29. The summed E-state index contributed by atoms with van der Waals surface area (Å²) in [5, 5.41) is 0. The standard InChI is InChI=1S/C11H26O2Si/c1-9(2)14(12-10(3,4)5)13-11(6,7)8/h9,14H,1-8H3. The zero-order valence-electron chi connectivity index (χ0n) is 11.0. The first-order chi connectivity index (χ1) is 6.01. The predicted octanol–water partition coefficient (Wildman–Crippen LogP) is 3.25. The van der Waals surface area contributed by atoms with Gasteiger partial charge in [-0.05, 0) is 47.1 Å². The van der Waals surface area contributed by atoms with E-state index in [2.05, 4.69) is 55.4 Å². The first-order valence-corrected chi connectivity index (χ1v) is 6.98. The van der Waals surface area contributed by atoms with Crippen LogP contribution in [0.5, 0.6) is 0 Å². The van der Waals surface area contributed by atoms with Gasteiger partial charge in [-0.2, -0.15) is 0 Å². The van der Waals surface area contributed by atoms with Gasteiger partial charge in [-0.3, -0.25) is 0 Å². The van der Waals surface area contributed by atoms with Gasteiger partial charge in [-0.1, -0.05) is 13.8 Å². The van der Waals surface area contributed by atoms with Crippen molar-refractivity contribution in [3.8, 4) is 0 Å². The minimum absolute atomic E-state index is 0.0909. The maximum absolute atomic E-state index is 5.99. The molecule has 14 heavy (non-hydrogen) atoms. The average Bonchev–Trinajstić information content (AvgIpc) is 1.78. The molecule has 0 rings (SSSR count). The van der Waals surface area contributed by atoms with E-state index in [1.807, 2.05) is 0 Å². The predicted molar refractivity (Wildman–Crippen MR) is 63.9 cm³/mol. The van der Waals surface area contributed by atoms with E-state index in [1.54, 1.807) is 0 Å². The third-order valence-corrected chi connectivity index (χ3v) is 4.45. The van der Waals surface area contributed by atoms with Gasteiger partial charge in [0.15, 0.2) is 0 Å². The Balaban J connectivity index is 4.32. The maximum Gasteiger partial charge on any atom is 0.324 e. The minimum atomic E-state index is -1.56. The molecule has 0 aromatic rings. The molecule has 0 aromatic heterocycles. The third-order valence-electron chi connectivity index (χ3n) is 1.48. The second-order valence-corrected chi connectivity index (χ2v) is 8.61. The van der Waals surface area contributed by atoms with Gasteiger partial charge in [-0.15, -0.1) is 0 Å². The molecule has 0 aliphatic rings. The summed E-state index contributed by atoms with van der Waals surface area (Å²) in [5.41, 5.74) is 0.326. The molecule has 0 radical (unpaired) electrons. The van der Waals surface area contributed by atoms with E-state index in [0.717, 1.165) is 0 Å². The maximum atomic E-state index is 5.99. The van der Waals surface area contributed by atoms with Crippen molar-refractivity contribution >= 4 is 9.28 Å². The van der Waals surface area contributed by atoms with Crippen molar-refractivity contribution in [3.63, 3.8) is 0 Å². The molecule has 0 saturated carbocycles. The molecule has 0 heterocycles. The lowest BCUT2D eigenvalue weighted by molar-refractivity contribution is 0.0303. The lowest BCUT2D eigenvalue weighted by atomic mass is 10.2. The Bertz CT molecular complexity index is 149. The summed E-state index contributed by atoms with van der Waals surface area (Å²) < 4.78 is 12.0. The highest BCUT2D eigenvalue weighted by atomic mass is 28.3. The molecule has 0 aliphatic carbocycles. The quantitative estimate of drug-likeness (QED) is 0.677. The fourth-order valence-corrected chi connectivity index (χ4v) is 2.98. The van der Waals surface area contributed by atoms with E-state index in [1.165, 1.54) is 0 Å². The summed E-state index contributed by atoms with van der Waals surface area (Å²) in [6.45, 7) is 16.9. The van der Waals surface area contributed by atoms with Gasteiger partial charge in [0.1, 0.15) is 0 Å². The molecule has 0 saturated heterocycles. The van der Waals surface area contributed by atoms with E-state index in [9.17, 15) is 0 Å². The Labute approximate surface area is 90.8 Å². The van der Waals surface area contributed by atoms with Crippen molar-refractivity contribution in [2.75, 3.05) is 0 Å². The van der Waals surface area contributed by atoms with E-state index >= 15 is 0 Å². The molecular weight excluding hydrogens is 192 g/mol. The molecule has 0 fully saturated rings. The molecule has 0 unspecified atom stereocenters. The Morgan fingerprint density at radius 1 is 0.786 bits per heavy atom. The van der Waals surface area contributed by atoms with Crippen LogP contribution in [0.3, 0.4) is 0 Å². The highest BCUT2D eigenvalue weighted by Crippen LogP contribution is 2.22. The fourth-order valence-electron chi connectivity index (χ4n) is 0.993. The molecule has 0 amide bonds. The Morgan fingerprint density at radius 2 is 1.07 bits per heavy atom. The van der Waals surface area contributed by atoms with E-state index in [0.29, 0.717) is 5.54 Å². The minimum Gasteiger partial charge on any atom is -0.391 e. The zero-order chi connectivity index (χ0) is 11.6. The summed E-state index contributed by atoms with van der Waals surface area (Å²) in [6, 6.07) is 0. The van der Waals surface area contributed by atoms with Gasteiger partial charge in [0.2, 0.25) is 0 Å². The molecule has 2 nitrogen and oxygen atoms in total. The lowest BCUT2D eigenvalue weighted by Gasteiger charge is -2.33. The van der Waals surface area contributed by atoms with Crippen LogP contribution < -0.4 is 0 Å². The molecule has 0 bridgehead atoms. The van der Waals surface area contributed by atoms with Gasteiger partial charge < -0.3 is 8.85 Å². The Morgan fingerprint density at radius 3 is 1.21 bits per heavy atom. The topological polar surface area (TPSA) is 18.5 Å². The molecule has 86 valence electrons. The first-order valence-electron chi connectivity index (χ1n) is 5.37. The fraction of sp³-hybridized carbons (Fsp3) is 1.00. The van der Waals surface area contributed by atoms with Crippen LogP contribution in [0.15, 0.2) is 0 Å². The van der Waals surface area contributed by atoms with Crippen LogP contribution >= 0.6 is 0 Å². The van der Waals surface area contributed by atoms with Crippen molar-refractivity contribution in [3.05, 3.63) is 0 Å². The SMILES string of the molecule is CC(C)[SiH](OC(C)(C)C)OC(C)(C)C. The van der Waals surface area contributed by atoms with Gasteiger partial charge in [0, 0.05) is 11.2 Å². The van der Waals surface area contributed by atoms with Crippen molar-refractivity contribution in [2.45, 2.75) is 72.1 Å². The molecule has 0 aliphatic heterocycles. The van der Waals surface area contributed by atoms with Gasteiger partial charge in [0.05, 0.1) is 0 Å². The van der Waals surface area contributed by atoms with Crippen molar-refractivity contribution in [1.29, 1.82) is 0 Å². The number of rotatable bonds is 3. The van der Waals surface area contributed by atoms with Crippen LogP contribution in [0.2, 0.25) is 5.54 Å². The number of hydrogen-bond donors (Lipinski definition) is 0. The van der Waals surface area contributed by atoms with Gasteiger partial charge in [-0.25, -0.2) is 0 Å². The lowest BCUT2D eigenvalue weighted by Crippen LogP contribution is -2.40. The van der Waals surface area contributed by atoms with Crippen molar-refractivity contribution in [2.24, 2.45) is 0 Å². The monoisotopic (exact) mass is 218 g/mol. The van der Waals surface area contributed by atoms with Crippen LogP contribution in [0, 0.1) is 0 Å². The molecule has 3 heteroatoms. The first kappa shape index (κ1) is 14.1. The molecular formula is C11H26O2Si. The summed E-state index contributed by atoms with van der Waals surface area (Å²) in [6.07, 6.45) is 0. The summed E-state index contributed by atoms with van der Waals surface area (Å²) >= 11 is 0. The summed E-state index contributed by atoms with van der Waals surface area (Å²) in [5.74, 6) is 0. The highest BCUT2D eigenvalue weighted by molar-refractivity contribution is 6.46. The van der Waals surface area contributed by atoms with E-state index in [-0.39, 0.29) is 11.2 Å². The van der Waals surface area contributed by atoms with Crippen LogP contribution in [0.1, 0.15) is 55.4 Å². The molecule has 0 atom stereocenters. The smallest absolute Gasteiger partial charge is 0.324 e. The Hall–Kier alpha value is 0.137. The number of hydrogen-bond acceptors (Lipinski definition) is 2. The van der Waals surface area contributed by atoms with Gasteiger partial charge in [0.25, 0.3) is 0 Å². The van der Waals surface area contributed by atoms with E-state index < -0.39 is 9.28 Å². The Kier molecular flexibility index (Phi) is 4.82. The third kappa shape index (κ3) is 7.53. The van der Waals surface area contributed by atoms with Gasteiger partial charge >= 0.3 is 9.28 Å². The second-order valence-electron chi connectivity index (χ2n) is 6.07. The normalized spacial score (nSPS) is 14.1. The van der Waals surface area contributed by atoms with Crippen LogP contribution in [-0.4, -0.2) is 20.5 Å².